The van der Waals surface area contributed by atoms with E-state index >= 15 is 0 Å². The summed E-state index contributed by atoms with van der Waals surface area (Å²) in [5.74, 6) is -0.0628. The number of benzene rings is 1. The zero-order valence-corrected chi connectivity index (χ0v) is 12.3. The summed E-state index contributed by atoms with van der Waals surface area (Å²) in [4.78, 5) is 0. The molecule has 1 aromatic rings. The van der Waals surface area contributed by atoms with E-state index in [1.165, 1.54) is 6.07 Å². The van der Waals surface area contributed by atoms with E-state index in [0.29, 0.717) is 0 Å². The molecule has 0 spiro atoms. The number of sulfonamides is 1. The summed E-state index contributed by atoms with van der Waals surface area (Å²) < 4.78 is 26.0. The van der Waals surface area contributed by atoms with Gasteiger partial charge in [0, 0.05) is 0 Å². The fourth-order valence-electron chi connectivity index (χ4n) is 1.36. The number of phenols is 1. The van der Waals surface area contributed by atoms with Crippen LogP contribution in [0.3, 0.4) is 0 Å². The minimum absolute atomic E-state index is 0.0628. The molecule has 0 saturated heterocycles. The fraction of sp³-hybridized carbons (Fsp3) is 0.538. The zero-order chi connectivity index (χ0) is 14.1. The molecule has 0 heterocycles. The van der Waals surface area contributed by atoms with E-state index in [0.717, 1.165) is 5.56 Å². The first-order chi connectivity index (χ1) is 8.04. The van der Waals surface area contributed by atoms with Crippen LogP contribution < -0.4 is 4.72 Å². The molecule has 0 bridgehead atoms. The smallest absolute Gasteiger partial charge is 0.235 e. The van der Waals surface area contributed by atoms with Gasteiger partial charge in [0.1, 0.15) is 5.75 Å². The highest BCUT2D eigenvalue weighted by molar-refractivity contribution is 7.93. The quantitative estimate of drug-likeness (QED) is 0.831. The van der Waals surface area contributed by atoms with Crippen LogP contribution in [0.5, 0.6) is 5.75 Å². The first-order valence-electron chi connectivity index (χ1n) is 5.89. The Hall–Kier alpha value is -1.23. The van der Waals surface area contributed by atoms with E-state index in [1.807, 2.05) is 20.8 Å². The molecule has 4 nitrogen and oxygen atoms in total. The molecule has 1 aromatic carbocycles. The first-order valence-corrected chi connectivity index (χ1v) is 7.44. The lowest BCUT2D eigenvalue weighted by Crippen LogP contribution is -2.23. The second-order valence-electron chi connectivity index (χ2n) is 5.68. The molecule has 0 unspecified atom stereocenters. The first kappa shape index (κ1) is 14.8. The average molecular weight is 271 g/mol. The van der Waals surface area contributed by atoms with Gasteiger partial charge < -0.3 is 5.11 Å². The molecule has 0 aliphatic heterocycles. The molecule has 0 radical (unpaired) electrons. The van der Waals surface area contributed by atoms with Crippen molar-refractivity contribution in [3.8, 4) is 5.75 Å². The molecule has 0 fully saturated rings. The Labute approximate surface area is 109 Å². The lowest BCUT2D eigenvalue weighted by Gasteiger charge is -2.21. The number of hydrogen-bond donors (Lipinski definition) is 2. The van der Waals surface area contributed by atoms with Crippen molar-refractivity contribution < 1.29 is 13.5 Å². The molecule has 5 heteroatoms. The summed E-state index contributed by atoms with van der Waals surface area (Å²) in [5.41, 5.74) is 1.09. The Bertz CT molecular complexity index is 528. The Morgan fingerprint density at radius 1 is 1.22 bits per heavy atom. The zero-order valence-electron chi connectivity index (χ0n) is 11.5. The minimum atomic E-state index is -3.45. The molecule has 1 rings (SSSR count). The van der Waals surface area contributed by atoms with Crippen LogP contribution in [0.1, 0.15) is 40.2 Å². The second kappa shape index (κ2) is 4.80. The van der Waals surface area contributed by atoms with Crippen LogP contribution in [0.25, 0.3) is 0 Å². The van der Waals surface area contributed by atoms with Crippen molar-refractivity contribution in [2.75, 3.05) is 4.72 Å². The molecule has 18 heavy (non-hydrogen) atoms. The van der Waals surface area contributed by atoms with Gasteiger partial charge >= 0.3 is 0 Å². The second-order valence-corrected chi connectivity index (χ2v) is 7.91. The SMILES string of the molecule is CC(C)S(=O)(=O)Nc1cc(C(C)(C)C)ccc1O. The summed E-state index contributed by atoms with van der Waals surface area (Å²) >= 11 is 0. The normalized spacial score (nSPS) is 12.8. The predicted octanol–water partition coefficient (Wildman–Crippen LogP) is 2.84. The van der Waals surface area contributed by atoms with Crippen LogP contribution in [0, 0.1) is 0 Å². The van der Waals surface area contributed by atoms with Gasteiger partial charge in [-0.2, -0.15) is 0 Å². The van der Waals surface area contributed by atoms with Crippen LogP contribution in [0.4, 0.5) is 5.69 Å². The van der Waals surface area contributed by atoms with Crippen LogP contribution in [0.15, 0.2) is 18.2 Å². The van der Waals surface area contributed by atoms with Crippen molar-refractivity contribution >= 4 is 15.7 Å². The highest BCUT2D eigenvalue weighted by Crippen LogP contribution is 2.31. The fourth-order valence-corrected chi connectivity index (χ4v) is 2.06. The number of phenolic OH excluding ortho intramolecular Hbond substituents is 1. The lowest BCUT2D eigenvalue weighted by molar-refractivity contribution is 0.476. The number of nitrogens with one attached hydrogen (secondary N) is 1. The molecule has 0 amide bonds. The summed E-state index contributed by atoms with van der Waals surface area (Å²) in [6.45, 7) is 9.26. The van der Waals surface area contributed by atoms with E-state index in [-0.39, 0.29) is 16.9 Å². The van der Waals surface area contributed by atoms with Gasteiger partial charge in [0.05, 0.1) is 10.9 Å². The highest BCUT2D eigenvalue weighted by atomic mass is 32.2. The van der Waals surface area contributed by atoms with Crippen molar-refractivity contribution in [1.29, 1.82) is 0 Å². The molecule has 0 atom stereocenters. The topological polar surface area (TPSA) is 66.4 Å². The highest BCUT2D eigenvalue weighted by Gasteiger charge is 2.20. The van der Waals surface area contributed by atoms with E-state index in [1.54, 1.807) is 26.0 Å². The standard InChI is InChI=1S/C13H21NO3S/c1-9(2)18(16,17)14-11-8-10(13(3,4)5)6-7-12(11)15/h6-9,14-15H,1-5H3. The summed E-state index contributed by atoms with van der Waals surface area (Å²) in [7, 11) is -3.45. The third kappa shape index (κ3) is 3.38. The molecule has 0 aliphatic rings. The van der Waals surface area contributed by atoms with Gasteiger partial charge in [0.2, 0.25) is 10.0 Å². The average Bonchev–Trinajstić information content (AvgIpc) is 2.19. The van der Waals surface area contributed by atoms with E-state index in [4.69, 9.17) is 0 Å². The molecule has 0 saturated carbocycles. The monoisotopic (exact) mass is 271 g/mol. The summed E-state index contributed by atoms with van der Waals surface area (Å²) in [6, 6.07) is 4.98. The third-order valence-corrected chi connectivity index (χ3v) is 4.48. The molecule has 102 valence electrons. The number of hydrogen-bond acceptors (Lipinski definition) is 3. The third-order valence-electron chi connectivity index (χ3n) is 2.74. The van der Waals surface area contributed by atoms with Crippen LogP contribution in [-0.4, -0.2) is 18.8 Å². The van der Waals surface area contributed by atoms with Crippen molar-refractivity contribution in [3.63, 3.8) is 0 Å². The van der Waals surface area contributed by atoms with Gasteiger partial charge in [0.15, 0.2) is 0 Å². The largest absolute Gasteiger partial charge is 0.506 e. The lowest BCUT2D eigenvalue weighted by atomic mass is 9.87. The van der Waals surface area contributed by atoms with Gasteiger partial charge in [0.25, 0.3) is 0 Å². The Morgan fingerprint density at radius 2 is 1.78 bits per heavy atom. The Balaban J connectivity index is 3.18. The van der Waals surface area contributed by atoms with Gasteiger partial charge in [-0.05, 0) is 37.0 Å². The molecular weight excluding hydrogens is 250 g/mol. The van der Waals surface area contributed by atoms with Gasteiger partial charge in [-0.15, -0.1) is 0 Å². The summed E-state index contributed by atoms with van der Waals surface area (Å²) in [5, 5.41) is 9.17. The summed E-state index contributed by atoms with van der Waals surface area (Å²) in [6.07, 6.45) is 0. The van der Waals surface area contributed by atoms with Crippen LogP contribution >= 0.6 is 0 Å². The molecule has 0 aromatic heterocycles. The molecule has 0 aliphatic carbocycles. The molecule has 2 N–H and O–H groups in total. The van der Waals surface area contributed by atoms with Crippen LogP contribution in [-0.2, 0) is 15.4 Å². The number of rotatable bonds is 3. The van der Waals surface area contributed by atoms with Crippen molar-refractivity contribution in [1.82, 2.24) is 0 Å². The van der Waals surface area contributed by atoms with E-state index in [9.17, 15) is 13.5 Å². The number of aromatic hydroxyl groups is 1. The maximum Gasteiger partial charge on any atom is 0.235 e. The minimum Gasteiger partial charge on any atom is -0.506 e. The van der Waals surface area contributed by atoms with Crippen molar-refractivity contribution in [3.05, 3.63) is 23.8 Å². The van der Waals surface area contributed by atoms with Gasteiger partial charge in [-0.25, -0.2) is 8.42 Å². The Morgan fingerprint density at radius 3 is 2.22 bits per heavy atom. The Kier molecular flexibility index (Phi) is 3.96. The maximum atomic E-state index is 11.8. The van der Waals surface area contributed by atoms with E-state index in [2.05, 4.69) is 4.72 Å². The van der Waals surface area contributed by atoms with Crippen molar-refractivity contribution in [2.45, 2.75) is 45.3 Å². The predicted molar refractivity (Wildman–Crippen MR) is 74.5 cm³/mol. The van der Waals surface area contributed by atoms with E-state index < -0.39 is 15.3 Å². The van der Waals surface area contributed by atoms with Gasteiger partial charge in [-0.1, -0.05) is 26.8 Å². The van der Waals surface area contributed by atoms with Gasteiger partial charge in [-0.3, -0.25) is 4.72 Å². The van der Waals surface area contributed by atoms with Crippen molar-refractivity contribution in [2.24, 2.45) is 0 Å². The number of anilines is 1. The van der Waals surface area contributed by atoms with Crippen LogP contribution in [0.2, 0.25) is 0 Å². The molecular formula is C13H21NO3S. The maximum absolute atomic E-state index is 11.8.